The zero-order valence-electron chi connectivity index (χ0n) is 6.91. The third-order valence-corrected chi connectivity index (χ3v) is 4.57. The summed E-state index contributed by atoms with van der Waals surface area (Å²) >= 11 is 7.93. The van der Waals surface area contributed by atoms with Gasteiger partial charge in [0.25, 0.3) is 0 Å². The molecule has 2 rings (SSSR count). The second-order valence-electron chi connectivity index (χ2n) is 3.20. The summed E-state index contributed by atoms with van der Waals surface area (Å²) in [6.45, 7) is 2.21. The lowest BCUT2D eigenvalue weighted by molar-refractivity contribution is 0.989. The lowest BCUT2D eigenvalue weighted by atomic mass is 10.4. The lowest BCUT2D eigenvalue weighted by Crippen LogP contribution is -1.79. The Morgan fingerprint density at radius 2 is 1.83 bits per heavy atom. The first kappa shape index (κ1) is 8.46. The molecule has 1 aliphatic carbocycles. The molecule has 0 radical (unpaired) electrons. The Balaban J connectivity index is 1.97. The molecule has 0 spiro atoms. The van der Waals surface area contributed by atoms with Gasteiger partial charge in [0.15, 0.2) is 0 Å². The third-order valence-electron chi connectivity index (χ3n) is 2.21. The number of halogens is 1. The number of thioether (sulfide) groups is 1. The molecule has 0 nitrogen and oxygen atoms in total. The van der Waals surface area contributed by atoms with Gasteiger partial charge in [-0.15, -0.1) is 23.4 Å². The molecular weight excluding hydrogens is 188 g/mol. The molecule has 0 aromatic heterocycles. The van der Waals surface area contributed by atoms with Crippen molar-refractivity contribution in [3.63, 3.8) is 0 Å². The van der Waals surface area contributed by atoms with Crippen LogP contribution in [0, 0.1) is 5.92 Å². The average molecular weight is 199 g/mol. The SMILES string of the molecule is C[C@H]1[C@H](Cl)[C@@H]1Sc1ccccc1. The molecule has 3 atom stereocenters. The van der Waals surface area contributed by atoms with Crippen molar-refractivity contribution in [3.05, 3.63) is 30.3 Å². The van der Waals surface area contributed by atoms with Gasteiger partial charge in [0.2, 0.25) is 0 Å². The van der Waals surface area contributed by atoms with E-state index in [2.05, 4.69) is 31.2 Å². The topological polar surface area (TPSA) is 0 Å². The Kier molecular flexibility index (Phi) is 2.33. The molecule has 0 aliphatic heterocycles. The van der Waals surface area contributed by atoms with Crippen LogP contribution >= 0.6 is 23.4 Å². The van der Waals surface area contributed by atoms with Crippen LogP contribution in [0.25, 0.3) is 0 Å². The predicted molar refractivity (Wildman–Crippen MR) is 54.9 cm³/mol. The minimum Gasteiger partial charge on any atom is -0.121 e. The first-order valence-electron chi connectivity index (χ1n) is 4.15. The molecule has 0 N–H and O–H groups in total. The van der Waals surface area contributed by atoms with Crippen LogP contribution in [0.4, 0.5) is 0 Å². The maximum atomic E-state index is 6.03. The minimum absolute atomic E-state index is 0.384. The highest BCUT2D eigenvalue weighted by Crippen LogP contribution is 2.48. The number of hydrogen-bond acceptors (Lipinski definition) is 1. The van der Waals surface area contributed by atoms with Crippen LogP contribution in [0.5, 0.6) is 0 Å². The van der Waals surface area contributed by atoms with Crippen molar-refractivity contribution in [2.75, 3.05) is 0 Å². The molecule has 2 heteroatoms. The summed E-state index contributed by atoms with van der Waals surface area (Å²) in [4.78, 5) is 1.33. The molecule has 0 amide bonds. The van der Waals surface area contributed by atoms with E-state index in [0.717, 1.165) is 0 Å². The van der Waals surface area contributed by atoms with Gasteiger partial charge in [0.1, 0.15) is 0 Å². The Labute approximate surface area is 82.3 Å². The van der Waals surface area contributed by atoms with E-state index in [0.29, 0.717) is 16.5 Å². The molecular formula is C10H11ClS. The zero-order valence-corrected chi connectivity index (χ0v) is 8.48. The van der Waals surface area contributed by atoms with Crippen LogP contribution in [0.15, 0.2) is 35.2 Å². The van der Waals surface area contributed by atoms with Gasteiger partial charge in [-0.2, -0.15) is 0 Å². The summed E-state index contributed by atoms with van der Waals surface area (Å²) in [6, 6.07) is 10.5. The normalized spacial score (nSPS) is 33.3. The maximum Gasteiger partial charge on any atom is 0.0498 e. The zero-order chi connectivity index (χ0) is 8.55. The molecule has 0 heterocycles. The Morgan fingerprint density at radius 3 is 2.33 bits per heavy atom. The van der Waals surface area contributed by atoms with E-state index in [9.17, 15) is 0 Å². The first-order chi connectivity index (χ1) is 5.79. The van der Waals surface area contributed by atoms with Crippen molar-refractivity contribution in [1.29, 1.82) is 0 Å². The third kappa shape index (κ3) is 1.62. The molecule has 12 heavy (non-hydrogen) atoms. The average Bonchev–Trinajstić information content (AvgIpc) is 2.65. The fourth-order valence-electron chi connectivity index (χ4n) is 1.21. The summed E-state index contributed by atoms with van der Waals surface area (Å²) < 4.78 is 0. The van der Waals surface area contributed by atoms with Crippen LogP contribution in [-0.4, -0.2) is 10.6 Å². The fraction of sp³-hybridized carbons (Fsp3) is 0.400. The summed E-state index contributed by atoms with van der Waals surface area (Å²) in [7, 11) is 0. The minimum atomic E-state index is 0.384. The van der Waals surface area contributed by atoms with Gasteiger partial charge in [-0.25, -0.2) is 0 Å². The Bertz CT molecular complexity index is 252. The maximum absolute atomic E-state index is 6.03. The summed E-state index contributed by atoms with van der Waals surface area (Å²) in [5.74, 6) is 0.678. The number of hydrogen-bond donors (Lipinski definition) is 0. The fourth-order valence-corrected chi connectivity index (χ4v) is 3.05. The van der Waals surface area contributed by atoms with Crippen molar-refractivity contribution in [1.82, 2.24) is 0 Å². The Morgan fingerprint density at radius 1 is 1.25 bits per heavy atom. The smallest absolute Gasteiger partial charge is 0.0498 e. The van der Waals surface area contributed by atoms with Gasteiger partial charge in [0, 0.05) is 15.5 Å². The first-order valence-corrected chi connectivity index (χ1v) is 5.46. The number of rotatable bonds is 2. The van der Waals surface area contributed by atoms with E-state index >= 15 is 0 Å². The highest BCUT2D eigenvalue weighted by atomic mass is 35.5. The molecule has 1 aromatic rings. The van der Waals surface area contributed by atoms with E-state index in [1.54, 1.807) is 0 Å². The van der Waals surface area contributed by atoms with Gasteiger partial charge in [-0.05, 0) is 18.1 Å². The van der Waals surface area contributed by atoms with Crippen LogP contribution in [-0.2, 0) is 0 Å². The van der Waals surface area contributed by atoms with E-state index in [-0.39, 0.29) is 0 Å². The van der Waals surface area contributed by atoms with Gasteiger partial charge in [-0.1, -0.05) is 25.1 Å². The second kappa shape index (κ2) is 3.31. The summed E-state index contributed by atoms with van der Waals surface area (Å²) in [6.07, 6.45) is 0. The molecule has 1 fully saturated rings. The van der Waals surface area contributed by atoms with Crippen molar-refractivity contribution >= 4 is 23.4 Å². The molecule has 64 valence electrons. The molecule has 0 saturated heterocycles. The van der Waals surface area contributed by atoms with Crippen molar-refractivity contribution in [3.8, 4) is 0 Å². The highest BCUT2D eigenvalue weighted by molar-refractivity contribution is 8.00. The lowest BCUT2D eigenvalue weighted by Gasteiger charge is -1.97. The van der Waals surface area contributed by atoms with Crippen molar-refractivity contribution in [2.24, 2.45) is 5.92 Å². The monoisotopic (exact) mass is 198 g/mol. The molecule has 0 bridgehead atoms. The van der Waals surface area contributed by atoms with Gasteiger partial charge in [0.05, 0.1) is 0 Å². The van der Waals surface area contributed by atoms with Crippen LogP contribution < -0.4 is 0 Å². The van der Waals surface area contributed by atoms with E-state index < -0.39 is 0 Å². The van der Waals surface area contributed by atoms with E-state index in [1.807, 2.05) is 17.8 Å². The van der Waals surface area contributed by atoms with Crippen LogP contribution in [0.3, 0.4) is 0 Å². The molecule has 0 unspecified atom stereocenters. The summed E-state index contributed by atoms with van der Waals surface area (Å²) in [5.41, 5.74) is 0. The van der Waals surface area contributed by atoms with Crippen molar-refractivity contribution < 1.29 is 0 Å². The van der Waals surface area contributed by atoms with Crippen molar-refractivity contribution in [2.45, 2.75) is 22.4 Å². The summed E-state index contributed by atoms with van der Waals surface area (Å²) in [5, 5.41) is 1.02. The molecule has 1 aromatic carbocycles. The van der Waals surface area contributed by atoms with Gasteiger partial charge >= 0.3 is 0 Å². The van der Waals surface area contributed by atoms with Gasteiger partial charge in [-0.3, -0.25) is 0 Å². The quantitative estimate of drug-likeness (QED) is 0.657. The molecule has 1 saturated carbocycles. The van der Waals surface area contributed by atoms with Crippen LogP contribution in [0.2, 0.25) is 0 Å². The van der Waals surface area contributed by atoms with Gasteiger partial charge < -0.3 is 0 Å². The Hall–Kier alpha value is -0.140. The van der Waals surface area contributed by atoms with Crippen LogP contribution in [0.1, 0.15) is 6.92 Å². The largest absolute Gasteiger partial charge is 0.121 e. The number of benzene rings is 1. The number of alkyl halides is 1. The van der Waals surface area contributed by atoms with E-state index in [1.165, 1.54) is 4.90 Å². The predicted octanol–water partition coefficient (Wildman–Crippen LogP) is 3.40. The van der Waals surface area contributed by atoms with E-state index in [4.69, 9.17) is 11.6 Å². The molecule has 1 aliphatic rings. The highest BCUT2D eigenvalue weighted by Gasteiger charge is 2.45. The standard InChI is InChI=1S/C10H11ClS/c1-7-9(11)10(7)12-8-5-3-2-4-6-8/h2-7,9-10H,1H3/t7-,9-,10+/m0/s1. The second-order valence-corrected chi connectivity index (χ2v) is 4.95.